The number of halogens is 6. The Balaban J connectivity index is 1.52. The Morgan fingerprint density at radius 3 is 1.14 bits per heavy atom. The maximum absolute atomic E-state index is 14.2. The second-order valence-electron chi connectivity index (χ2n) is 9.82. The van der Waals surface area contributed by atoms with E-state index in [2.05, 4.69) is 0 Å². The van der Waals surface area contributed by atoms with E-state index in [0.29, 0.717) is 11.5 Å². The monoisotopic (exact) mass is 578 g/mol. The lowest BCUT2D eigenvalue weighted by atomic mass is 9.93. The third-order valence-electron chi connectivity index (χ3n) is 6.59. The van der Waals surface area contributed by atoms with Crippen molar-refractivity contribution in [1.29, 1.82) is 0 Å². The summed E-state index contributed by atoms with van der Waals surface area (Å²) >= 11 is 0. The Hall–Kier alpha value is -4.72. The average Bonchev–Trinajstić information content (AvgIpc) is 2.95. The molecule has 0 bridgehead atoms. The van der Waals surface area contributed by atoms with Crippen LogP contribution in [0.5, 0.6) is 23.0 Å². The van der Waals surface area contributed by atoms with Crippen LogP contribution >= 0.6 is 0 Å². The Morgan fingerprint density at radius 1 is 0.429 bits per heavy atom. The highest BCUT2D eigenvalue weighted by atomic mass is 19.4. The molecule has 214 valence electrons. The lowest BCUT2D eigenvalue weighted by Gasteiger charge is -2.18. The molecule has 0 aliphatic rings. The predicted octanol–water partition coefficient (Wildman–Crippen LogP) is 11.3. The maximum Gasteiger partial charge on any atom is 0.417 e. The van der Waals surface area contributed by atoms with Crippen LogP contribution in [0.2, 0.25) is 0 Å². The minimum Gasteiger partial charge on any atom is -0.457 e. The molecule has 0 fully saturated rings. The van der Waals surface area contributed by atoms with Crippen molar-refractivity contribution in [3.8, 4) is 45.3 Å². The van der Waals surface area contributed by atoms with Crippen molar-refractivity contribution < 1.29 is 35.8 Å². The van der Waals surface area contributed by atoms with Gasteiger partial charge in [-0.3, -0.25) is 0 Å². The van der Waals surface area contributed by atoms with Gasteiger partial charge in [-0.05, 0) is 90.7 Å². The number of alkyl halides is 6. The molecular weight excluding hydrogens is 554 g/mol. The van der Waals surface area contributed by atoms with Crippen LogP contribution < -0.4 is 9.47 Å². The first-order valence-corrected chi connectivity index (χ1v) is 12.9. The summed E-state index contributed by atoms with van der Waals surface area (Å²) in [7, 11) is 0. The largest absolute Gasteiger partial charge is 0.457 e. The molecule has 0 spiro atoms. The Kier molecular flexibility index (Phi) is 7.73. The molecule has 0 atom stereocenters. The van der Waals surface area contributed by atoms with Gasteiger partial charge in [0.15, 0.2) is 0 Å². The molecule has 8 heteroatoms. The topological polar surface area (TPSA) is 18.5 Å². The molecule has 0 unspecified atom stereocenters. The number of aryl methyl sites for hydroxylation is 2. The van der Waals surface area contributed by atoms with Crippen molar-refractivity contribution >= 4 is 0 Å². The van der Waals surface area contributed by atoms with Gasteiger partial charge in [0.05, 0.1) is 11.1 Å². The number of hydrogen-bond acceptors (Lipinski definition) is 2. The number of ether oxygens (including phenoxy) is 2. The summed E-state index contributed by atoms with van der Waals surface area (Å²) in [6, 6.07) is 26.4. The van der Waals surface area contributed by atoms with E-state index in [-0.39, 0.29) is 33.8 Å². The van der Waals surface area contributed by atoms with Gasteiger partial charge in [0.2, 0.25) is 0 Å². The van der Waals surface area contributed by atoms with Gasteiger partial charge in [-0.1, -0.05) is 65.7 Å². The van der Waals surface area contributed by atoms with Crippen LogP contribution in [0.4, 0.5) is 26.3 Å². The van der Waals surface area contributed by atoms with E-state index < -0.39 is 23.5 Å². The average molecular weight is 579 g/mol. The van der Waals surface area contributed by atoms with Crippen molar-refractivity contribution in [2.45, 2.75) is 26.2 Å². The zero-order chi connectivity index (χ0) is 30.1. The number of rotatable bonds is 6. The van der Waals surface area contributed by atoms with E-state index in [1.807, 2.05) is 13.8 Å². The smallest absolute Gasteiger partial charge is 0.417 e. The van der Waals surface area contributed by atoms with Gasteiger partial charge in [0, 0.05) is 0 Å². The lowest BCUT2D eigenvalue weighted by molar-refractivity contribution is -0.138. The van der Waals surface area contributed by atoms with Crippen LogP contribution in [0.25, 0.3) is 22.3 Å². The highest BCUT2D eigenvalue weighted by molar-refractivity contribution is 5.77. The zero-order valence-electron chi connectivity index (χ0n) is 22.5. The summed E-state index contributed by atoms with van der Waals surface area (Å²) in [6.07, 6.45) is -9.49. The van der Waals surface area contributed by atoms with Gasteiger partial charge in [-0.25, -0.2) is 0 Å². The fourth-order valence-electron chi connectivity index (χ4n) is 4.49. The van der Waals surface area contributed by atoms with Gasteiger partial charge in [-0.2, -0.15) is 26.3 Å². The third-order valence-corrected chi connectivity index (χ3v) is 6.59. The number of hydrogen-bond donors (Lipinski definition) is 0. The summed E-state index contributed by atoms with van der Waals surface area (Å²) in [6.45, 7) is 3.75. The van der Waals surface area contributed by atoms with E-state index in [0.717, 1.165) is 23.3 Å². The van der Waals surface area contributed by atoms with Crippen molar-refractivity contribution in [2.24, 2.45) is 0 Å². The second-order valence-corrected chi connectivity index (χ2v) is 9.82. The van der Waals surface area contributed by atoms with Crippen LogP contribution in [-0.4, -0.2) is 0 Å². The highest BCUT2D eigenvalue weighted by Crippen LogP contribution is 2.43. The van der Waals surface area contributed by atoms with Crippen molar-refractivity contribution in [2.75, 3.05) is 0 Å². The third kappa shape index (κ3) is 6.60. The van der Waals surface area contributed by atoms with Crippen LogP contribution in [0, 0.1) is 13.8 Å². The molecular formula is C34H24F6O2. The van der Waals surface area contributed by atoms with E-state index >= 15 is 0 Å². The van der Waals surface area contributed by atoms with Gasteiger partial charge in [0.1, 0.15) is 23.0 Å². The number of benzene rings is 5. The fraction of sp³-hybridized carbons (Fsp3) is 0.118. The molecule has 42 heavy (non-hydrogen) atoms. The molecule has 5 rings (SSSR count). The minimum absolute atomic E-state index is 0.0189. The SMILES string of the molecule is Cc1ccc(Oc2ccc(-c3cccc(-c4ccc(Oc5ccc(C)cc5)cc4C(F)(F)F)c3)c(C(F)(F)F)c2)cc1. The Morgan fingerprint density at radius 2 is 0.786 bits per heavy atom. The normalized spacial score (nSPS) is 11.8. The van der Waals surface area contributed by atoms with Gasteiger partial charge < -0.3 is 9.47 Å². The Labute approximate surface area is 238 Å². The Bertz CT molecular complexity index is 1580. The molecule has 5 aromatic rings. The molecule has 0 saturated heterocycles. The molecule has 0 N–H and O–H groups in total. The van der Waals surface area contributed by atoms with Crippen molar-refractivity contribution in [3.63, 3.8) is 0 Å². The summed E-state index contributed by atoms with van der Waals surface area (Å²) in [5.41, 5.74) is -0.165. The fourth-order valence-corrected chi connectivity index (χ4v) is 4.49. The summed E-state index contributed by atoms with van der Waals surface area (Å²) < 4.78 is 96.3. The summed E-state index contributed by atoms with van der Waals surface area (Å²) in [5, 5.41) is 0. The van der Waals surface area contributed by atoms with Gasteiger partial charge in [0.25, 0.3) is 0 Å². The summed E-state index contributed by atoms with van der Waals surface area (Å²) in [4.78, 5) is 0. The summed E-state index contributed by atoms with van der Waals surface area (Å²) in [5.74, 6) is 0.708. The van der Waals surface area contributed by atoms with Crippen molar-refractivity contribution in [1.82, 2.24) is 0 Å². The van der Waals surface area contributed by atoms with Crippen molar-refractivity contribution in [3.05, 3.63) is 131 Å². The predicted molar refractivity (Wildman–Crippen MR) is 150 cm³/mol. The maximum atomic E-state index is 14.2. The van der Waals surface area contributed by atoms with E-state index in [1.165, 1.54) is 48.5 Å². The van der Waals surface area contributed by atoms with Gasteiger partial charge in [-0.15, -0.1) is 0 Å². The molecule has 0 radical (unpaired) electrons. The molecule has 0 amide bonds. The minimum atomic E-state index is -4.75. The van der Waals surface area contributed by atoms with E-state index in [1.54, 1.807) is 48.5 Å². The molecule has 2 nitrogen and oxygen atoms in total. The second kappa shape index (κ2) is 11.3. The molecule has 0 aliphatic carbocycles. The first kappa shape index (κ1) is 28.8. The quantitative estimate of drug-likeness (QED) is 0.187. The van der Waals surface area contributed by atoms with Crippen LogP contribution in [0.1, 0.15) is 22.3 Å². The molecule has 0 aromatic heterocycles. The van der Waals surface area contributed by atoms with Crippen LogP contribution in [0.15, 0.2) is 109 Å². The van der Waals surface area contributed by atoms with Crippen LogP contribution in [0.3, 0.4) is 0 Å². The first-order valence-electron chi connectivity index (χ1n) is 12.9. The standard InChI is InChI=1S/C34H24F6O2/c1-21-6-10-25(11-7-21)41-27-14-16-29(31(19-27)33(35,36)37)23-4-3-5-24(18-23)30-17-15-28(20-32(30)34(38,39)40)42-26-12-8-22(2)9-13-26/h3-20H,1-2H3. The lowest BCUT2D eigenvalue weighted by Crippen LogP contribution is -2.08. The molecule has 5 aromatic carbocycles. The zero-order valence-corrected chi connectivity index (χ0v) is 22.5. The highest BCUT2D eigenvalue weighted by Gasteiger charge is 2.36. The molecule has 0 saturated carbocycles. The molecule has 0 aliphatic heterocycles. The van der Waals surface area contributed by atoms with E-state index in [4.69, 9.17) is 9.47 Å². The van der Waals surface area contributed by atoms with Crippen LogP contribution in [-0.2, 0) is 12.4 Å². The van der Waals surface area contributed by atoms with E-state index in [9.17, 15) is 26.3 Å². The first-order chi connectivity index (χ1) is 19.9. The molecule has 0 heterocycles. The van der Waals surface area contributed by atoms with Gasteiger partial charge >= 0.3 is 12.4 Å².